The van der Waals surface area contributed by atoms with Crippen LogP contribution in [0.5, 0.6) is 5.75 Å². The van der Waals surface area contributed by atoms with Gasteiger partial charge in [-0.3, -0.25) is 4.79 Å². The second kappa shape index (κ2) is 6.01. The van der Waals surface area contributed by atoms with Crippen LogP contribution in [0, 0.1) is 6.92 Å². The van der Waals surface area contributed by atoms with Crippen LogP contribution in [0.2, 0.25) is 0 Å². The number of aromatic nitrogens is 1. The Morgan fingerprint density at radius 2 is 1.96 bits per heavy atom. The lowest BCUT2D eigenvalue weighted by molar-refractivity contribution is 0.446. The second-order valence-corrected chi connectivity index (χ2v) is 8.32. The molecule has 0 radical (unpaired) electrons. The lowest BCUT2D eigenvalue weighted by Gasteiger charge is -2.13. The molecule has 1 N–H and O–H groups in total. The van der Waals surface area contributed by atoms with Crippen molar-refractivity contribution < 1.29 is 9.52 Å². The zero-order chi connectivity index (χ0) is 19.6. The quantitative estimate of drug-likeness (QED) is 0.513. The lowest BCUT2D eigenvalue weighted by atomic mass is 10.1. The fraction of sp³-hybridized carbons (Fsp3) is 0.182. The monoisotopic (exact) mass is 391 g/mol. The molecule has 1 atom stereocenters. The SMILES string of the molecule is Cc1cccc(Sc2c(O)c3c(=O)n4c5c(cccc5c3oc2=O)CC4C)c1. The number of fused-ring (bicyclic) bond motifs is 2. The van der Waals surface area contributed by atoms with E-state index in [0.29, 0.717) is 5.39 Å². The molecule has 6 heteroatoms. The first-order valence-electron chi connectivity index (χ1n) is 9.06. The number of hydrogen-bond donors (Lipinski definition) is 1. The fourth-order valence-corrected chi connectivity index (χ4v) is 5.01. The third kappa shape index (κ3) is 2.34. The number of aromatic hydroxyl groups is 1. The van der Waals surface area contributed by atoms with E-state index in [2.05, 4.69) is 0 Å². The summed E-state index contributed by atoms with van der Waals surface area (Å²) in [6.45, 7) is 3.93. The van der Waals surface area contributed by atoms with Gasteiger partial charge in [0.1, 0.15) is 10.3 Å². The Hall–Kier alpha value is -2.99. The highest BCUT2D eigenvalue weighted by molar-refractivity contribution is 7.99. The Labute approximate surface area is 164 Å². The van der Waals surface area contributed by atoms with Gasteiger partial charge in [0.25, 0.3) is 5.56 Å². The number of aryl methyl sites for hydroxylation is 1. The Balaban J connectivity index is 1.86. The molecule has 5 rings (SSSR count). The summed E-state index contributed by atoms with van der Waals surface area (Å²) in [5.41, 5.74) is 2.05. The Morgan fingerprint density at radius 1 is 1.18 bits per heavy atom. The molecule has 2 aromatic heterocycles. The van der Waals surface area contributed by atoms with E-state index in [1.807, 2.05) is 56.3 Å². The first kappa shape index (κ1) is 17.1. The fourth-order valence-electron chi connectivity index (χ4n) is 4.06. The van der Waals surface area contributed by atoms with Gasteiger partial charge in [-0.05, 0) is 44.0 Å². The summed E-state index contributed by atoms with van der Waals surface area (Å²) < 4.78 is 7.30. The van der Waals surface area contributed by atoms with Crippen molar-refractivity contribution in [1.29, 1.82) is 0 Å². The summed E-state index contributed by atoms with van der Waals surface area (Å²) in [6, 6.07) is 13.3. The summed E-state index contributed by atoms with van der Waals surface area (Å²) in [7, 11) is 0. The van der Waals surface area contributed by atoms with Crippen molar-refractivity contribution in [2.45, 2.75) is 36.1 Å². The van der Waals surface area contributed by atoms with E-state index in [-0.39, 0.29) is 33.2 Å². The summed E-state index contributed by atoms with van der Waals surface area (Å²) in [4.78, 5) is 26.8. The van der Waals surface area contributed by atoms with Gasteiger partial charge in [-0.2, -0.15) is 0 Å². The maximum atomic E-state index is 13.2. The zero-order valence-corrected chi connectivity index (χ0v) is 16.2. The van der Waals surface area contributed by atoms with E-state index in [9.17, 15) is 14.7 Å². The van der Waals surface area contributed by atoms with E-state index in [0.717, 1.165) is 39.7 Å². The van der Waals surface area contributed by atoms with Crippen molar-refractivity contribution >= 4 is 33.6 Å². The molecule has 5 nitrogen and oxygen atoms in total. The Morgan fingerprint density at radius 3 is 2.75 bits per heavy atom. The third-order valence-corrected chi connectivity index (χ3v) is 6.32. The third-order valence-electron chi connectivity index (χ3n) is 5.26. The van der Waals surface area contributed by atoms with Gasteiger partial charge in [0.15, 0.2) is 11.3 Å². The predicted octanol–water partition coefficient (Wildman–Crippen LogP) is 4.39. The molecule has 0 aliphatic carbocycles. The molecule has 0 amide bonds. The average molecular weight is 391 g/mol. The molecule has 2 aromatic carbocycles. The second-order valence-electron chi connectivity index (χ2n) is 7.23. The van der Waals surface area contributed by atoms with E-state index in [1.165, 1.54) is 0 Å². The standard InChI is InChI=1S/C22H17NO4S/c1-11-5-3-7-14(9-11)28-20-18(24)16-19(27-22(20)26)15-8-4-6-13-10-12(2)23(17(13)15)21(16)25/h3-9,12,24H,10H2,1-2H3. The summed E-state index contributed by atoms with van der Waals surface area (Å²) in [5, 5.41) is 11.7. The van der Waals surface area contributed by atoms with Crippen molar-refractivity contribution in [1.82, 2.24) is 4.57 Å². The van der Waals surface area contributed by atoms with Crippen LogP contribution in [0.25, 0.3) is 21.9 Å². The van der Waals surface area contributed by atoms with Crippen LogP contribution in [-0.2, 0) is 6.42 Å². The Kier molecular flexibility index (Phi) is 3.67. The zero-order valence-electron chi connectivity index (χ0n) is 15.4. The van der Waals surface area contributed by atoms with Crippen molar-refractivity contribution in [3.05, 3.63) is 74.4 Å². The molecular formula is C22H17NO4S. The molecule has 1 aliphatic rings. The molecular weight excluding hydrogens is 374 g/mol. The van der Waals surface area contributed by atoms with Gasteiger partial charge in [-0.1, -0.05) is 41.6 Å². The first-order chi connectivity index (χ1) is 13.5. The van der Waals surface area contributed by atoms with Crippen LogP contribution < -0.4 is 11.2 Å². The molecule has 28 heavy (non-hydrogen) atoms. The topological polar surface area (TPSA) is 72.4 Å². The van der Waals surface area contributed by atoms with Crippen molar-refractivity contribution in [2.75, 3.05) is 0 Å². The minimum Gasteiger partial charge on any atom is -0.505 e. The normalized spacial score (nSPS) is 15.6. The van der Waals surface area contributed by atoms with E-state index in [1.54, 1.807) is 4.57 Å². The highest BCUT2D eigenvalue weighted by Crippen LogP contribution is 2.40. The molecule has 3 heterocycles. The summed E-state index contributed by atoms with van der Waals surface area (Å²) in [6.07, 6.45) is 0.735. The van der Waals surface area contributed by atoms with Crippen molar-refractivity contribution in [2.24, 2.45) is 0 Å². The van der Waals surface area contributed by atoms with Gasteiger partial charge >= 0.3 is 5.63 Å². The number of pyridine rings is 1. The van der Waals surface area contributed by atoms with Crippen LogP contribution in [0.3, 0.4) is 0 Å². The number of hydrogen-bond acceptors (Lipinski definition) is 5. The molecule has 0 fully saturated rings. The minimum atomic E-state index is -0.646. The van der Waals surface area contributed by atoms with Gasteiger partial charge in [-0.25, -0.2) is 4.79 Å². The Bertz CT molecular complexity index is 1400. The number of nitrogens with zero attached hydrogens (tertiary/aromatic N) is 1. The highest BCUT2D eigenvalue weighted by atomic mass is 32.2. The van der Waals surface area contributed by atoms with Crippen molar-refractivity contribution in [3.8, 4) is 5.75 Å². The van der Waals surface area contributed by atoms with Gasteiger partial charge in [0.2, 0.25) is 0 Å². The van der Waals surface area contributed by atoms with Crippen LogP contribution in [0.15, 0.2) is 66.3 Å². The molecule has 140 valence electrons. The molecule has 4 aromatic rings. The number of benzene rings is 2. The summed E-state index contributed by atoms with van der Waals surface area (Å²) in [5.74, 6) is -0.307. The number of rotatable bonds is 2. The van der Waals surface area contributed by atoms with Crippen LogP contribution in [0.1, 0.15) is 24.1 Å². The number of para-hydroxylation sites is 1. The maximum Gasteiger partial charge on any atom is 0.354 e. The molecule has 0 bridgehead atoms. The first-order valence-corrected chi connectivity index (χ1v) is 9.87. The predicted molar refractivity (Wildman–Crippen MR) is 110 cm³/mol. The van der Waals surface area contributed by atoms with Gasteiger partial charge in [0.05, 0.1) is 5.52 Å². The summed E-state index contributed by atoms with van der Waals surface area (Å²) >= 11 is 1.11. The molecule has 0 saturated heterocycles. The van der Waals surface area contributed by atoms with Crippen LogP contribution in [0.4, 0.5) is 0 Å². The molecule has 0 saturated carbocycles. The van der Waals surface area contributed by atoms with Crippen molar-refractivity contribution in [3.63, 3.8) is 0 Å². The molecule has 0 spiro atoms. The minimum absolute atomic E-state index is 0.0176. The largest absolute Gasteiger partial charge is 0.505 e. The van der Waals surface area contributed by atoms with Gasteiger partial charge < -0.3 is 14.1 Å². The van der Waals surface area contributed by atoms with Crippen LogP contribution in [-0.4, -0.2) is 9.67 Å². The maximum absolute atomic E-state index is 13.2. The van der Waals surface area contributed by atoms with E-state index in [4.69, 9.17) is 4.42 Å². The molecule has 1 unspecified atom stereocenters. The lowest BCUT2D eigenvalue weighted by Crippen LogP contribution is -2.22. The highest BCUT2D eigenvalue weighted by Gasteiger charge is 2.28. The van der Waals surface area contributed by atoms with Gasteiger partial charge in [0, 0.05) is 16.3 Å². The smallest absolute Gasteiger partial charge is 0.354 e. The average Bonchev–Trinajstić information content (AvgIpc) is 3.00. The van der Waals surface area contributed by atoms with Crippen LogP contribution >= 0.6 is 11.8 Å². The molecule has 1 aliphatic heterocycles. The van der Waals surface area contributed by atoms with Gasteiger partial charge in [-0.15, -0.1) is 0 Å². The van der Waals surface area contributed by atoms with E-state index >= 15 is 0 Å². The van der Waals surface area contributed by atoms with E-state index < -0.39 is 5.63 Å².